The van der Waals surface area contributed by atoms with Gasteiger partial charge < -0.3 is 10.5 Å². The number of para-hydroxylation sites is 1. The zero-order valence-corrected chi connectivity index (χ0v) is 14.1. The Hall–Kier alpha value is -1.77. The summed E-state index contributed by atoms with van der Waals surface area (Å²) in [6.07, 6.45) is 2.40. The minimum absolute atomic E-state index is 0. The van der Waals surface area contributed by atoms with E-state index in [4.69, 9.17) is 5.73 Å². The van der Waals surface area contributed by atoms with Crippen LogP contribution in [0, 0.1) is 0 Å². The number of hydrogen-bond donors (Lipinski definition) is 2. The number of nitrogens with one attached hydrogen (secondary N) is 1. The minimum Gasteiger partial charge on any atom is -0.434 e. The summed E-state index contributed by atoms with van der Waals surface area (Å²) < 4.78 is 29.2. The third-order valence-corrected chi connectivity index (χ3v) is 4.58. The normalized spacial score (nSPS) is 16.2. The van der Waals surface area contributed by atoms with E-state index in [0.717, 1.165) is 29.8 Å². The van der Waals surface area contributed by atoms with Crippen molar-refractivity contribution >= 4 is 34.8 Å². The van der Waals surface area contributed by atoms with Crippen LogP contribution in [-0.4, -0.2) is 23.5 Å². The molecule has 1 atom stereocenters. The highest BCUT2D eigenvalue weighted by atomic mass is 35.5. The van der Waals surface area contributed by atoms with Crippen molar-refractivity contribution in [3.63, 3.8) is 0 Å². The lowest BCUT2D eigenvalue weighted by Crippen LogP contribution is -2.27. The van der Waals surface area contributed by atoms with Crippen LogP contribution in [-0.2, 0) is 12.8 Å². The lowest BCUT2D eigenvalue weighted by Gasteiger charge is -2.15. The van der Waals surface area contributed by atoms with Crippen molar-refractivity contribution in [3.05, 3.63) is 40.4 Å². The fourth-order valence-corrected chi connectivity index (χ4v) is 3.57. The van der Waals surface area contributed by atoms with E-state index in [1.165, 1.54) is 29.5 Å². The minimum atomic E-state index is -2.99. The number of rotatable bonds is 4. The van der Waals surface area contributed by atoms with E-state index in [1.54, 1.807) is 6.07 Å². The molecule has 0 saturated carbocycles. The number of aryl methyl sites for hydroxylation is 1. The van der Waals surface area contributed by atoms with Crippen molar-refractivity contribution in [2.75, 3.05) is 5.32 Å². The van der Waals surface area contributed by atoms with Crippen LogP contribution in [0.15, 0.2) is 24.3 Å². The van der Waals surface area contributed by atoms with Gasteiger partial charge in [-0.05, 0) is 31.4 Å². The van der Waals surface area contributed by atoms with E-state index in [9.17, 15) is 13.6 Å². The number of thiazole rings is 1. The molecule has 0 radical (unpaired) electrons. The standard InChI is InChI=1S/C15H15F2N3O2S.ClH/c16-14(17)22-11-4-2-1-3-9(11)13(21)20-15-19-10-6-5-8(18)7-12(10)23-15;/h1-4,8,14H,5-7,18H2,(H,19,20,21);1H/t8-;/m0./s1. The number of alkyl halides is 2. The van der Waals surface area contributed by atoms with E-state index in [0.29, 0.717) is 5.13 Å². The summed E-state index contributed by atoms with van der Waals surface area (Å²) in [7, 11) is 0. The van der Waals surface area contributed by atoms with Crippen molar-refractivity contribution in [1.29, 1.82) is 0 Å². The Morgan fingerprint density at radius 1 is 1.42 bits per heavy atom. The second-order valence-corrected chi connectivity index (χ2v) is 6.30. The fraction of sp³-hybridized carbons (Fsp3) is 0.333. The number of fused-ring (bicyclic) bond motifs is 1. The Balaban J connectivity index is 0.00000208. The monoisotopic (exact) mass is 375 g/mol. The van der Waals surface area contributed by atoms with Gasteiger partial charge in [0.05, 0.1) is 11.3 Å². The summed E-state index contributed by atoms with van der Waals surface area (Å²) in [6.45, 7) is -2.99. The molecule has 1 aromatic carbocycles. The third-order valence-electron chi connectivity index (χ3n) is 3.55. The number of carbonyl (C=O) groups is 1. The van der Waals surface area contributed by atoms with Crippen LogP contribution in [0.25, 0.3) is 0 Å². The number of halogens is 3. The molecule has 3 rings (SSSR count). The molecule has 24 heavy (non-hydrogen) atoms. The van der Waals surface area contributed by atoms with Crippen LogP contribution in [0.3, 0.4) is 0 Å². The predicted octanol–water partition coefficient (Wildman–Crippen LogP) is 3.23. The Morgan fingerprint density at radius 2 is 2.17 bits per heavy atom. The first-order chi connectivity index (χ1) is 11.0. The Kier molecular flexibility index (Phi) is 6.09. The molecule has 5 nitrogen and oxygen atoms in total. The maximum Gasteiger partial charge on any atom is 0.387 e. The highest BCUT2D eigenvalue weighted by molar-refractivity contribution is 7.15. The molecule has 0 unspecified atom stereocenters. The Labute approximate surface area is 147 Å². The predicted molar refractivity (Wildman–Crippen MR) is 90.4 cm³/mol. The maximum atomic E-state index is 12.4. The quantitative estimate of drug-likeness (QED) is 0.860. The molecule has 0 fully saturated rings. The summed E-state index contributed by atoms with van der Waals surface area (Å²) in [5.74, 6) is -0.694. The SMILES string of the molecule is Cl.N[C@H]1CCc2nc(NC(=O)c3ccccc3OC(F)F)sc2C1. The molecule has 0 saturated heterocycles. The second-order valence-electron chi connectivity index (χ2n) is 5.22. The Bertz CT molecular complexity index is 726. The fourth-order valence-electron chi connectivity index (χ4n) is 2.47. The van der Waals surface area contributed by atoms with Crippen LogP contribution in [0.1, 0.15) is 27.3 Å². The van der Waals surface area contributed by atoms with E-state index in [-0.39, 0.29) is 29.8 Å². The average molecular weight is 376 g/mol. The lowest BCUT2D eigenvalue weighted by molar-refractivity contribution is -0.0501. The van der Waals surface area contributed by atoms with Gasteiger partial charge in [0, 0.05) is 10.9 Å². The highest BCUT2D eigenvalue weighted by Gasteiger charge is 2.22. The number of carbonyl (C=O) groups excluding carboxylic acids is 1. The average Bonchev–Trinajstić information content (AvgIpc) is 2.88. The van der Waals surface area contributed by atoms with E-state index < -0.39 is 12.5 Å². The second kappa shape index (κ2) is 7.87. The molecule has 9 heteroatoms. The van der Waals surface area contributed by atoms with Gasteiger partial charge in [-0.1, -0.05) is 12.1 Å². The van der Waals surface area contributed by atoms with Crippen LogP contribution in [0.2, 0.25) is 0 Å². The number of ether oxygens (including phenoxy) is 1. The molecule has 1 heterocycles. The number of benzene rings is 1. The molecular formula is C15H16ClF2N3O2S. The Morgan fingerprint density at radius 3 is 2.92 bits per heavy atom. The van der Waals surface area contributed by atoms with Crippen molar-refractivity contribution in [3.8, 4) is 5.75 Å². The van der Waals surface area contributed by atoms with Gasteiger partial charge in [0.1, 0.15) is 5.75 Å². The van der Waals surface area contributed by atoms with Crippen molar-refractivity contribution in [2.24, 2.45) is 5.73 Å². The molecule has 1 amide bonds. The molecule has 130 valence electrons. The van der Waals surface area contributed by atoms with Gasteiger partial charge >= 0.3 is 6.61 Å². The molecule has 1 aliphatic carbocycles. The zero-order valence-electron chi connectivity index (χ0n) is 12.5. The summed E-state index contributed by atoms with van der Waals surface area (Å²) >= 11 is 1.37. The third kappa shape index (κ3) is 4.19. The molecule has 0 spiro atoms. The van der Waals surface area contributed by atoms with E-state index >= 15 is 0 Å². The van der Waals surface area contributed by atoms with E-state index in [1.807, 2.05) is 0 Å². The largest absolute Gasteiger partial charge is 0.434 e. The summed E-state index contributed by atoms with van der Waals surface area (Å²) in [5.41, 5.74) is 6.91. The van der Waals surface area contributed by atoms with Gasteiger partial charge in [0.2, 0.25) is 0 Å². The van der Waals surface area contributed by atoms with Crippen molar-refractivity contribution < 1.29 is 18.3 Å². The smallest absolute Gasteiger partial charge is 0.387 e. The van der Waals surface area contributed by atoms with Gasteiger partial charge in [0.15, 0.2) is 5.13 Å². The number of aromatic nitrogens is 1. The van der Waals surface area contributed by atoms with Crippen molar-refractivity contribution in [1.82, 2.24) is 4.98 Å². The lowest BCUT2D eigenvalue weighted by atomic mass is 9.99. The number of nitrogens with two attached hydrogens (primary N) is 1. The van der Waals surface area contributed by atoms with Crippen LogP contribution >= 0.6 is 23.7 Å². The summed E-state index contributed by atoms with van der Waals surface area (Å²) in [4.78, 5) is 17.7. The van der Waals surface area contributed by atoms with Gasteiger partial charge in [-0.15, -0.1) is 23.7 Å². The number of hydrogen-bond acceptors (Lipinski definition) is 5. The molecule has 3 N–H and O–H groups in total. The molecule has 2 aromatic rings. The maximum absolute atomic E-state index is 12.4. The number of anilines is 1. The summed E-state index contributed by atoms with van der Waals surface area (Å²) in [5, 5.41) is 3.09. The topological polar surface area (TPSA) is 77.2 Å². The van der Waals surface area contributed by atoms with Gasteiger partial charge in [0.25, 0.3) is 5.91 Å². The molecule has 0 bridgehead atoms. The van der Waals surface area contributed by atoms with Crippen LogP contribution in [0.4, 0.5) is 13.9 Å². The number of amides is 1. The number of nitrogens with zero attached hydrogens (tertiary/aromatic N) is 1. The van der Waals surface area contributed by atoms with Gasteiger partial charge in [-0.2, -0.15) is 8.78 Å². The zero-order chi connectivity index (χ0) is 16.4. The summed E-state index contributed by atoms with van der Waals surface area (Å²) in [6, 6.07) is 5.98. The van der Waals surface area contributed by atoms with Crippen molar-refractivity contribution in [2.45, 2.75) is 31.9 Å². The van der Waals surface area contributed by atoms with Gasteiger partial charge in [-0.3, -0.25) is 10.1 Å². The first kappa shape index (κ1) is 18.6. The van der Waals surface area contributed by atoms with Crippen LogP contribution in [0.5, 0.6) is 5.75 Å². The van der Waals surface area contributed by atoms with Gasteiger partial charge in [-0.25, -0.2) is 4.98 Å². The first-order valence-electron chi connectivity index (χ1n) is 7.12. The molecule has 1 aromatic heterocycles. The van der Waals surface area contributed by atoms with Crippen LogP contribution < -0.4 is 15.8 Å². The molecule has 0 aliphatic heterocycles. The molecular weight excluding hydrogens is 360 g/mol. The first-order valence-corrected chi connectivity index (χ1v) is 7.94. The molecule has 1 aliphatic rings. The highest BCUT2D eigenvalue weighted by Crippen LogP contribution is 2.30. The van der Waals surface area contributed by atoms with E-state index in [2.05, 4.69) is 15.0 Å².